The molecular formula is C23H20N2O3. The zero-order valence-electron chi connectivity index (χ0n) is 15.7. The van der Waals surface area contributed by atoms with E-state index in [1.165, 1.54) is 0 Å². The second kappa shape index (κ2) is 7.19. The first-order chi connectivity index (χ1) is 13.6. The van der Waals surface area contributed by atoms with Crippen molar-refractivity contribution in [3.05, 3.63) is 72.0 Å². The molecule has 3 aromatic carbocycles. The summed E-state index contributed by atoms with van der Waals surface area (Å²) in [4.78, 5) is 24.4. The van der Waals surface area contributed by atoms with Gasteiger partial charge in [-0.25, -0.2) is 0 Å². The molecule has 0 saturated carbocycles. The van der Waals surface area contributed by atoms with Crippen LogP contribution in [0, 0.1) is 6.92 Å². The third-order valence-corrected chi connectivity index (χ3v) is 4.76. The summed E-state index contributed by atoms with van der Waals surface area (Å²) in [5.74, 6) is -0.116. The lowest BCUT2D eigenvalue weighted by Gasteiger charge is -2.07. The van der Waals surface area contributed by atoms with Crippen molar-refractivity contribution in [2.45, 2.75) is 20.3 Å². The van der Waals surface area contributed by atoms with E-state index in [1.54, 1.807) is 31.2 Å². The SMILES string of the molecule is CCC(=O)Nc1cccc(NC(=O)c2oc3c(ccc4ccccc43)c2C)c1. The smallest absolute Gasteiger partial charge is 0.291 e. The summed E-state index contributed by atoms with van der Waals surface area (Å²) in [5, 5.41) is 8.61. The molecule has 0 fully saturated rings. The van der Waals surface area contributed by atoms with E-state index >= 15 is 0 Å². The molecule has 0 aliphatic heterocycles. The molecule has 0 radical (unpaired) electrons. The van der Waals surface area contributed by atoms with Crippen molar-refractivity contribution in [3.63, 3.8) is 0 Å². The van der Waals surface area contributed by atoms with Gasteiger partial charge in [-0.05, 0) is 30.5 Å². The van der Waals surface area contributed by atoms with E-state index in [-0.39, 0.29) is 17.6 Å². The Bertz CT molecular complexity index is 1210. The summed E-state index contributed by atoms with van der Waals surface area (Å²) in [6.45, 7) is 3.67. The normalized spacial score (nSPS) is 10.9. The number of amides is 2. The largest absolute Gasteiger partial charge is 0.450 e. The van der Waals surface area contributed by atoms with E-state index in [2.05, 4.69) is 10.6 Å². The second-order valence-corrected chi connectivity index (χ2v) is 6.66. The van der Waals surface area contributed by atoms with E-state index in [1.807, 2.05) is 43.3 Å². The van der Waals surface area contributed by atoms with Crippen LogP contribution < -0.4 is 10.6 Å². The number of hydrogen-bond donors (Lipinski definition) is 2. The number of nitrogens with one attached hydrogen (secondary N) is 2. The van der Waals surface area contributed by atoms with Crippen molar-refractivity contribution in [3.8, 4) is 0 Å². The molecule has 1 heterocycles. The summed E-state index contributed by atoms with van der Waals surface area (Å²) in [5.41, 5.74) is 2.74. The Morgan fingerprint density at radius 3 is 2.43 bits per heavy atom. The number of rotatable bonds is 4. The van der Waals surface area contributed by atoms with Gasteiger partial charge in [0, 0.05) is 34.1 Å². The van der Waals surface area contributed by atoms with Gasteiger partial charge in [0.15, 0.2) is 5.76 Å². The number of hydrogen-bond acceptors (Lipinski definition) is 3. The average molecular weight is 372 g/mol. The van der Waals surface area contributed by atoms with Gasteiger partial charge in [-0.1, -0.05) is 49.4 Å². The number of anilines is 2. The van der Waals surface area contributed by atoms with Crippen molar-refractivity contribution in [1.29, 1.82) is 0 Å². The maximum Gasteiger partial charge on any atom is 0.291 e. The van der Waals surface area contributed by atoms with Crippen molar-refractivity contribution < 1.29 is 14.0 Å². The molecule has 0 bridgehead atoms. The van der Waals surface area contributed by atoms with Crippen LogP contribution in [0.4, 0.5) is 11.4 Å². The van der Waals surface area contributed by atoms with Crippen LogP contribution in [0.25, 0.3) is 21.7 Å². The van der Waals surface area contributed by atoms with Gasteiger partial charge < -0.3 is 15.1 Å². The molecule has 0 saturated heterocycles. The highest BCUT2D eigenvalue weighted by molar-refractivity contribution is 6.11. The topological polar surface area (TPSA) is 71.3 Å². The van der Waals surface area contributed by atoms with Gasteiger partial charge in [0.05, 0.1) is 0 Å². The molecule has 2 amide bonds. The van der Waals surface area contributed by atoms with E-state index in [4.69, 9.17) is 4.42 Å². The third-order valence-electron chi connectivity index (χ3n) is 4.76. The molecular weight excluding hydrogens is 352 g/mol. The van der Waals surface area contributed by atoms with Crippen LogP contribution in [-0.2, 0) is 4.79 Å². The van der Waals surface area contributed by atoms with Gasteiger partial charge in [-0.2, -0.15) is 0 Å². The van der Waals surface area contributed by atoms with Crippen LogP contribution >= 0.6 is 0 Å². The molecule has 0 aliphatic rings. The summed E-state index contributed by atoms with van der Waals surface area (Å²) < 4.78 is 5.98. The minimum atomic E-state index is -0.322. The van der Waals surface area contributed by atoms with Crippen molar-refractivity contribution in [2.24, 2.45) is 0 Å². The summed E-state index contributed by atoms with van der Waals surface area (Å²) >= 11 is 0. The fourth-order valence-electron chi connectivity index (χ4n) is 3.28. The van der Waals surface area contributed by atoms with Crippen LogP contribution in [0.5, 0.6) is 0 Å². The van der Waals surface area contributed by atoms with E-state index in [9.17, 15) is 9.59 Å². The van der Waals surface area contributed by atoms with Crippen LogP contribution in [0.3, 0.4) is 0 Å². The lowest BCUT2D eigenvalue weighted by molar-refractivity contribution is -0.115. The molecule has 0 unspecified atom stereocenters. The molecule has 2 N–H and O–H groups in total. The summed E-state index contributed by atoms with van der Waals surface area (Å²) in [7, 11) is 0. The second-order valence-electron chi connectivity index (χ2n) is 6.66. The van der Waals surface area contributed by atoms with Crippen molar-refractivity contribution in [1.82, 2.24) is 0 Å². The van der Waals surface area contributed by atoms with Gasteiger partial charge in [0.25, 0.3) is 5.91 Å². The minimum absolute atomic E-state index is 0.0801. The predicted molar refractivity (Wildman–Crippen MR) is 112 cm³/mol. The Kier molecular flexibility index (Phi) is 4.57. The van der Waals surface area contributed by atoms with Gasteiger partial charge in [-0.3, -0.25) is 9.59 Å². The molecule has 140 valence electrons. The maximum absolute atomic E-state index is 12.8. The number of carbonyl (C=O) groups is 2. The summed E-state index contributed by atoms with van der Waals surface area (Å²) in [6.07, 6.45) is 0.392. The van der Waals surface area contributed by atoms with Crippen LogP contribution in [-0.4, -0.2) is 11.8 Å². The Morgan fingerprint density at radius 1 is 0.893 bits per heavy atom. The number of furan rings is 1. The van der Waals surface area contributed by atoms with Gasteiger partial charge >= 0.3 is 0 Å². The van der Waals surface area contributed by atoms with Crippen molar-refractivity contribution >= 4 is 44.9 Å². The Hall–Kier alpha value is -3.60. The standard InChI is InChI=1S/C23H20N2O3/c1-3-20(26)24-16-8-6-9-17(13-16)25-23(27)21-14(2)18-12-11-15-7-4-5-10-19(15)22(18)28-21/h4-13H,3H2,1-2H3,(H,24,26)(H,25,27). The molecule has 5 heteroatoms. The number of aryl methyl sites for hydroxylation is 1. The van der Waals surface area contributed by atoms with Crippen molar-refractivity contribution in [2.75, 3.05) is 10.6 Å². The van der Waals surface area contributed by atoms with Crippen LogP contribution in [0.2, 0.25) is 0 Å². The molecule has 1 aromatic heterocycles. The lowest BCUT2D eigenvalue weighted by Crippen LogP contribution is -2.13. The van der Waals surface area contributed by atoms with Crippen LogP contribution in [0.15, 0.2) is 65.1 Å². The maximum atomic E-state index is 12.8. The monoisotopic (exact) mass is 372 g/mol. The highest BCUT2D eigenvalue weighted by Gasteiger charge is 2.19. The molecule has 4 rings (SSSR count). The first kappa shape index (κ1) is 17.8. The molecule has 5 nitrogen and oxygen atoms in total. The van der Waals surface area contributed by atoms with E-state index in [0.717, 1.165) is 21.7 Å². The summed E-state index contributed by atoms with van der Waals surface area (Å²) in [6, 6.07) is 19.0. The lowest BCUT2D eigenvalue weighted by atomic mass is 10.1. The fourth-order valence-corrected chi connectivity index (χ4v) is 3.28. The third kappa shape index (κ3) is 3.22. The predicted octanol–water partition coefficient (Wildman–Crippen LogP) is 5.50. The van der Waals surface area contributed by atoms with E-state index in [0.29, 0.717) is 23.4 Å². The first-order valence-corrected chi connectivity index (χ1v) is 9.19. The Morgan fingerprint density at radius 2 is 1.64 bits per heavy atom. The van der Waals surface area contributed by atoms with Gasteiger partial charge in [-0.15, -0.1) is 0 Å². The number of fused-ring (bicyclic) bond motifs is 3. The number of benzene rings is 3. The molecule has 28 heavy (non-hydrogen) atoms. The highest BCUT2D eigenvalue weighted by atomic mass is 16.3. The molecule has 0 aliphatic carbocycles. The van der Waals surface area contributed by atoms with Gasteiger partial charge in [0.1, 0.15) is 5.58 Å². The molecule has 0 spiro atoms. The zero-order chi connectivity index (χ0) is 19.7. The highest BCUT2D eigenvalue weighted by Crippen LogP contribution is 2.32. The quantitative estimate of drug-likeness (QED) is 0.497. The molecule has 0 atom stereocenters. The first-order valence-electron chi connectivity index (χ1n) is 9.19. The average Bonchev–Trinajstić information content (AvgIpc) is 3.05. The molecule has 4 aromatic rings. The Labute approximate surface area is 162 Å². The zero-order valence-corrected chi connectivity index (χ0v) is 15.7. The minimum Gasteiger partial charge on any atom is -0.450 e. The van der Waals surface area contributed by atoms with E-state index < -0.39 is 0 Å². The van der Waals surface area contributed by atoms with Gasteiger partial charge in [0.2, 0.25) is 5.91 Å². The Balaban J connectivity index is 1.66. The number of carbonyl (C=O) groups excluding carboxylic acids is 2. The fraction of sp³-hybridized carbons (Fsp3) is 0.130. The van der Waals surface area contributed by atoms with Crippen LogP contribution in [0.1, 0.15) is 29.5 Å².